The van der Waals surface area contributed by atoms with Gasteiger partial charge in [0.15, 0.2) is 0 Å². The van der Waals surface area contributed by atoms with E-state index in [2.05, 4.69) is 218 Å². The van der Waals surface area contributed by atoms with Gasteiger partial charge in [-0.05, 0) is 176 Å². The zero-order valence-electron chi connectivity index (χ0n) is 34.8. The van der Waals surface area contributed by atoms with Crippen molar-refractivity contribution in [1.29, 1.82) is 0 Å². The Bertz CT molecular complexity index is 4170. The number of fused-ring (bicyclic) bond motifs is 17. The third-order valence-electron chi connectivity index (χ3n) is 14.7. The highest BCUT2D eigenvalue weighted by Crippen LogP contribution is 2.53. The molecule has 0 fully saturated rings. The van der Waals surface area contributed by atoms with E-state index in [4.69, 9.17) is 0 Å². The molecule has 0 N–H and O–H groups in total. The van der Waals surface area contributed by atoms with Crippen molar-refractivity contribution in [2.45, 2.75) is 0 Å². The normalized spacial score (nSPS) is 12.4. The van der Waals surface area contributed by atoms with Crippen molar-refractivity contribution >= 4 is 129 Å². The molecule has 0 bridgehead atoms. The van der Waals surface area contributed by atoms with Gasteiger partial charge < -0.3 is 0 Å². The first kappa shape index (κ1) is 34.3. The highest BCUT2D eigenvalue weighted by atomic mass is 14.3. The fourth-order valence-corrected chi connectivity index (χ4v) is 12.0. The maximum Gasteiger partial charge on any atom is -0.000740 e. The summed E-state index contributed by atoms with van der Waals surface area (Å²) in [5.41, 5.74) is 5.04. The Morgan fingerprint density at radius 3 is 0.828 bits per heavy atom. The largest absolute Gasteiger partial charge is 0.0616 e. The Morgan fingerprint density at radius 1 is 0.156 bits per heavy atom. The highest BCUT2D eigenvalue weighted by Gasteiger charge is 2.25. The van der Waals surface area contributed by atoms with Crippen molar-refractivity contribution in [3.05, 3.63) is 218 Å². The van der Waals surface area contributed by atoms with Crippen molar-refractivity contribution in [3.8, 4) is 22.3 Å². The van der Waals surface area contributed by atoms with Gasteiger partial charge >= 0.3 is 0 Å². The minimum atomic E-state index is 1.23. The molecule has 0 saturated heterocycles. The molecule has 0 amide bonds. The van der Waals surface area contributed by atoms with E-state index < -0.39 is 0 Å². The Morgan fingerprint density at radius 2 is 0.453 bits per heavy atom. The Hall–Kier alpha value is -8.32. The lowest BCUT2D eigenvalue weighted by Gasteiger charge is -2.24. The van der Waals surface area contributed by atoms with Crippen LogP contribution >= 0.6 is 0 Å². The van der Waals surface area contributed by atoms with Crippen molar-refractivity contribution in [3.63, 3.8) is 0 Å². The standard InChI is InChI=1S/C64H36/c1-2-14-40-34-58-57(33-39(40)13-1)61(41-29-31-51-47-21-5-3-17-43(47)45-19-7-9-23-49(45)55(51)35-41)63-53-25-11-15-37-27-28-38-16-12-26-54(60(38)59(37)53)64(63)62(58)42-30-32-52-48-22-6-4-18-44(48)46-20-8-10-24-50(46)56(52)36-42/h1-36H. The van der Waals surface area contributed by atoms with Crippen LogP contribution in [0.4, 0.5) is 0 Å². The molecule has 0 spiro atoms. The van der Waals surface area contributed by atoms with E-state index in [-0.39, 0.29) is 0 Å². The summed E-state index contributed by atoms with van der Waals surface area (Å²) < 4.78 is 0. The number of rotatable bonds is 2. The topological polar surface area (TPSA) is 0 Å². The minimum absolute atomic E-state index is 1.23. The van der Waals surface area contributed by atoms with Crippen molar-refractivity contribution in [2.75, 3.05) is 0 Å². The van der Waals surface area contributed by atoms with Gasteiger partial charge in [0.2, 0.25) is 0 Å². The van der Waals surface area contributed by atoms with Crippen molar-refractivity contribution in [2.24, 2.45) is 0 Å². The molecule has 0 nitrogen and oxygen atoms in total. The summed E-state index contributed by atoms with van der Waals surface area (Å²) in [5, 5.41) is 30.9. The highest BCUT2D eigenvalue weighted by molar-refractivity contribution is 6.42. The zero-order chi connectivity index (χ0) is 41.6. The van der Waals surface area contributed by atoms with E-state index in [1.807, 2.05) is 0 Å². The van der Waals surface area contributed by atoms with Gasteiger partial charge in [0.05, 0.1) is 0 Å². The van der Waals surface area contributed by atoms with Gasteiger partial charge in [0.25, 0.3) is 0 Å². The molecule has 0 aliphatic carbocycles. The van der Waals surface area contributed by atoms with Gasteiger partial charge in [-0.15, -0.1) is 0 Å². The van der Waals surface area contributed by atoms with Gasteiger partial charge in [-0.3, -0.25) is 0 Å². The first-order chi connectivity index (χ1) is 31.8. The molecule has 15 aromatic carbocycles. The van der Waals surface area contributed by atoms with Gasteiger partial charge in [0.1, 0.15) is 0 Å². The average Bonchev–Trinajstić information content (AvgIpc) is 3.37. The van der Waals surface area contributed by atoms with Crippen molar-refractivity contribution < 1.29 is 0 Å². The summed E-state index contributed by atoms with van der Waals surface area (Å²) in [7, 11) is 0. The van der Waals surface area contributed by atoms with E-state index in [1.165, 1.54) is 152 Å². The number of hydrogen-bond acceptors (Lipinski definition) is 0. The van der Waals surface area contributed by atoms with Crippen LogP contribution in [0.15, 0.2) is 218 Å². The second kappa shape index (κ2) is 12.6. The predicted molar refractivity (Wildman–Crippen MR) is 279 cm³/mol. The first-order valence-corrected chi connectivity index (χ1v) is 22.4. The summed E-state index contributed by atoms with van der Waals surface area (Å²) >= 11 is 0. The molecule has 0 atom stereocenters. The van der Waals surface area contributed by atoms with Crippen LogP contribution in [0.5, 0.6) is 0 Å². The van der Waals surface area contributed by atoms with E-state index in [0.717, 1.165) is 0 Å². The average molecular weight is 805 g/mol. The van der Waals surface area contributed by atoms with Crippen LogP contribution in [0.3, 0.4) is 0 Å². The summed E-state index contributed by atoms with van der Waals surface area (Å²) in [6.45, 7) is 0. The SMILES string of the molecule is c1ccc2cc3c(-c4ccc5c6ccccc6c6ccccc6c5c4)c4c5cccc6ccc7cccc(c4c(-c4ccc8c9ccccc9c9ccccc9c8c4)c3cc2c1)c7c65. The van der Waals surface area contributed by atoms with Gasteiger partial charge in [-0.2, -0.15) is 0 Å². The molecule has 0 heteroatoms. The summed E-state index contributed by atoms with van der Waals surface area (Å²) in [6, 6.07) is 82.7. The Balaban J connectivity index is 1.19. The molecule has 0 saturated carbocycles. The van der Waals surface area contributed by atoms with E-state index in [1.54, 1.807) is 0 Å². The van der Waals surface area contributed by atoms with Crippen LogP contribution in [0, 0.1) is 0 Å². The van der Waals surface area contributed by atoms with Crippen LogP contribution in [0.1, 0.15) is 0 Å². The van der Waals surface area contributed by atoms with Crippen LogP contribution in [-0.4, -0.2) is 0 Å². The second-order valence-electron chi connectivity index (χ2n) is 17.8. The van der Waals surface area contributed by atoms with E-state index in [9.17, 15) is 0 Å². The van der Waals surface area contributed by atoms with Crippen LogP contribution in [-0.2, 0) is 0 Å². The molecule has 292 valence electrons. The van der Waals surface area contributed by atoms with Crippen molar-refractivity contribution in [1.82, 2.24) is 0 Å². The third-order valence-corrected chi connectivity index (χ3v) is 14.7. The molecule has 15 rings (SSSR count). The molecule has 0 aromatic heterocycles. The van der Waals surface area contributed by atoms with E-state index >= 15 is 0 Å². The fraction of sp³-hybridized carbons (Fsp3) is 0. The maximum absolute atomic E-state index is 2.50. The summed E-state index contributed by atoms with van der Waals surface area (Å²) in [5.74, 6) is 0. The van der Waals surface area contributed by atoms with Gasteiger partial charge in [-0.1, -0.05) is 194 Å². The fourth-order valence-electron chi connectivity index (χ4n) is 12.0. The predicted octanol–water partition coefficient (Wildman–Crippen LogP) is 18.3. The van der Waals surface area contributed by atoms with Crippen LogP contribution in [0.25, 0.3) is 152 Å². The van der Waals surface area contributed by atoms with Crippen LogP contribution < -0.4 is 0 Å². The number of hydrogen-bond donors (Lipinski definition) is 0. The summed E-state index contributed by atoms with van der Waals surface area (Å²) in [4.78, 5) is 0. The lowest BCUT2D eigenvalue weighted by molar-refractivity contribution is 1.72. The minimum Gasteiger partial charge on any atom is -0.0616 e. The quantitative estimate of drug-likeness (QED) is 0.121. The molecule has 15 aromatic rings. The van der Waals surface area contributed by atoms with Crippen LogP contribution in [0.2, 0.25) is 0 Å². The van der Waals surface area contributed by atoms with Gasteiger partial charge in [-0.25, -0.2) is 0 Å². The molecule has 0 aliphatic rings. The van der Waals surface area contributed by atoms with Gasteiger partial charge in [0, 0.05) is 0 Å². The monoisotopic (exact) mass is 804 g/mol. The Labute approximate surface area is 368 Å². The smallest absolute Gasteiger partial charge is 0.000740 e. The third kappa shape index (κ3) is 4.51. The molecular weight excluding hydrogens is 769 g/mol. The molecule has 0 unspecified atom stereocenters. The molecular formula is C64H36. The molecule has 0 aliphatic heterocycles. The molecule has 64 heavy (non-hydrogen) atoms. The lowest BCUT2D eigenvalue weighted by atomic mass is 9.79. The summed E-state index contributed by atoms with van der Waals surface area (Å²) in [6.07, 6.45) is 0. The molecule has 0 heterocycles. The number of benzene rings is 15. The van der Waals surface area contributed by atoms with E-state index in [0.29, 0.717) is 0 Å². The first-order valence-electron chi connectivity index (χ1n) is 22.4. The second-order valence-corrected chi connectivity index (χ2v) is 17.8. The Kier molecular flexibility index (Phi) is 6.77. The zero-order valence-corrected chi connectivity index (χ0v) is 34.8. The molecule has 0 radical (unpaired) electrons. The maximum atomic E-state index is 2.50. The lowest BCUT2D eigenvalue weighted by Crippen LogP contribution is -1.96.